The Morgan fingerprint density at radius 2 is 1.74 bits per heavy atom. The minimum atomic E-state index is -2.89. The first-order valence-corrected chi connectivity index (χ1v) is 9.51. The Bertz CT molecular complexity index is 396. The number of likely N-dealkylation sites (N-methyl/N-ethyl adjacent to an activating group) is 1. The van der Waals surface area contributed by atoms with E-state index < -0.39 is 9.84 Å². The van der Waals surface area contributed by atoms with E-state index in [0.29, 0.717) is 12.1 Å². The summed E-state index contributed by atoms with van der Waals surface area (Å²) in [7, 11) is -0.750. The van der Waals surface area contributed by atoms with Gasteiger partial charge >= 0.3 is 0 Å². The second-order valence-electron chi connectivity index (χ2n) is 6.45. The Hall–Kier alpha value is -0.130. The molecular formula is C14H28N2O2S. The Morgan fingerprint density at radius 1 is 1.05 bits per heavy atom. The van der Waals surface area contributed by atoms with Crippen molar-refractivity contribution in [2.45, 2.75) is 74.7 Å². The Balaban J connectivity index is 2.00. The van der Waals surface area contributed by atoms with Crippen LogP contribution in [0.25, 0.3) is 0 Å². The van der Waals surface area contributed by atoms with Crippen molar-refractivity contribution in [2.75, 3.05) is 13.3 Å². The number of hydrogen-bond acceptors (Lipinski definition) is 4. The molecule has 0 spiro atoms. The average Bonchev–Trinajstić information content (AvgIpc) is 2.38. The number of rotatable bonds is 3. The topological polar surface area (TPSA) is 63.4 Å². The summed E-state index contributed by atoms with van der Waals surface area (Å²) in [5.74, 6) is 0. The maximum absolute atomic E-state index is 11.8. The van der Waals surface area contributed by atoms with Gasteiger partial charge in [-0.3, -0.25) is 4.90 Å². The van der Waals surface area contributed by atoms with Crippen molar-refractivity contribution in [3.05, 3.63) is 0 Å². The van der Waals surface area contributed by atoms with Crippen LogP contribution in [0.1, 0.15) is 51.4 Å². The van der Waals surface area contributed by atoms with Crippen LogP contribution in [0.5, 0.6) is 0 Å². The van der Waals surface area contributed by atoms with Crippen molar-refractivity contribution in [2.24, 2.45) is 5.73 Å². The molecule has 0 aromatic heterocycles. The Kier molecular flexibility index (Phi) is 4.90. The SMILES string of the molecule is CN(C1CCCC(S(C)(=O)=O)C1)C1CCCCC1N. The molecule has 0 bridgehead atoms. The van der Waals surface area contributed by atoms with Crippen molar-refractivity contribution >= 4 is 9.84 Å². The lowest BCUT2D eigenvalue weighted by Gasteiger charge is -2.43. The first kappa shape index (κ1) is 15.3. The van der Waals surface area contributed by atoms with E-state index in [-0.39, 0.29) is 11.3 Å². The zero-order valence-electron chi connectivity index (χ0n) is 12.2. The van der Waals surface area contributed by atoms with Crippen LogP contribution in [0.2, 0.25) is 0 Å². The van der Waals surface area contributed by atoms with Crippen molar-refractivity contribution in [1.82, 2.24) is 4.90 Å². The fraction of sp³-hybridized carbons (Fsp3) is 1.00. The third-order valence-corrected chi connectivity index (χ3v) is 6.72. The molecule has 4 nitrogen and oxygen atoms in total. The molecule has 0 amide bonds. The third kappa shape index (κ3) is 3.70. The van der Waals surface area contributed by atoms with Crippen molar-refractivity contribution in [1.29, 1.82) is 0 Å². The molecule has 0 aromatic carbocycles. The molecule has 112 valence electrons. The summed E-state index contributed by atoms with van der Waals surface area (Å²) in [6.45, 7) is 0. The van der Waals surface area contributed by atoms with E-state index in [4.69, 9.17) is 5.73 Å². The van der Waals surface area contributed by atoms with E-state index in [2.05, 4.69) is 11.9 Å². The number of hydrogen-bond donors (Lipinski definition) is 1. The second kappa shape index (κ2) is 6.10. The monoisotopic (exact) mass is 288 g/mol. The highest BCUT2D eigenvalue weighted by atomic mass is 32.2. The smallest absolute Gasteiger partial charge is 0.150 e. The van der Waals surface area contributed by atoms with Gasteiger partial charge in [0, 0.05) is 24.4 Å². The molecule has 0 saturated heterocycles. The van der Waals surface area contributed by atoms with Crippen LogP contribution in [0.15, 0.2) is 0 Å². The summed E-state index contributed by atoms with van der Waals surface area (Å²) in [6, 6.07) is 1.09. The van der Waals surface area contributed by atoms with Crippen LogP contribution in [0.3, 0.4) is 0 Å². The lowest BCUT2D eigenvalue weighted by Crippen LogP contribution is -2.53. The highest BCUT2D eigenvalue weighted by Gasteiger charge is 2.35. The van der Waals surface area contributed by atoms with Gasteiger partial charge in [-0.2, -0.15) is 0 Å². The fourth-order valence-corrected chi connectivity index (χ4v) is 4.96. The van der Waals surface area contributed by atoms with E-state index in [1.807, 2.05) is 0 Å². The summed E-state index contributed by atoms with van der Waals surface area (Å²) < 4.78 is 23.5. The molecule has 4 atom stereocenters. The predicted octanol–water partition coefficient (Wildman–Crippen LogP) is 1.54. The molecule has 19 heavy (non-hydrogen) atoms. The maximum Gasteiger partial charge on any atom is 0.150 e. The van der Waals surface area contributed by atoms with E-state index in [9.17, 15) is 8.42 Å². The van der Waals surface area contributed by atoms with Gasteiger partial charge in [0.25, 0.3) is 0 Å². The summed E-state index contributed by atoms with van der Waals surface area (Å²) in [6.07, 6.45) is 9.91. The number of nitrogens with zero attached hydrogens (tertiary/aromatic N) is 1. The quantitative estimate of drug-likeness (QED) is 0.856. The lowest BCUT2D eigenvalue weighted by molar-refractivity contribution is 0.0979. The highest BCUT2D eigenvalue weighted by Crippen LogP contribution is 2.30. The molecule has 5 heteroatoms. The summed E-state index contributed by atoms with van der Waals surface area (Å²) in [5, 5.41) is -0.145. The van der Waals surface area contributed by atoms with Crippen LogP contribution in [-0.4, -0.2) is 50.0 Å². The first-order valence-electron chi connectivity index (χ1n) is 7.56. The molecule has 2 fully saturated rings. The maximum atomic E-state index is 11.8. The van der Waals surface area contributed by atoms with Crippen LogP contribution in [0.4, 0.5) is 0 Å². The predicted molar refractivity (Wildman–Crippen MR) is 78.9 cm³/mol. The van der Waals surface area contributed by atoms with Gasteiger partial charge in [-0.05, 0) is 39.2 Å². The van der Waals surface area contributed by atoms with Crippen LogP contribution in [-0.2, 0) is 9.84 Å². The fourth-order valence-electron chi connectivity index (χ4n) is 3.80. The summed E-state index contributed by atoms with van der Waals surface area (Å²) in [4.78, 5) is 2.39. The largest absolute Gasteiger partial charge is 0.326 e. The van der Waals surface area contributed by atoms with Gasteiger partial charge in [0.2, 0.25) is 0 Å². The molecule has 2 aliphatic carbocycles. The average molecular weight is 288 g/mol. The van der Waals surface area contributed by atoms with Crippen LogP contribution in [0, 0.1) is 0 Å². The van der Waals surface area contributed by atoms with Gasteiger partial charge < -0.3 is 5.73 Å². The van der Waals surface area contributed by atoms with Gasteiger partial charge in [0.15, 0.2) is 0 Å². The minimum Gasteiger partial charge on any atom is -0.326 e. The Labute approximate surface area is 117 Å². The van der Waals surface area contributed by atoms with Gasteiger partial charge in [-0.1, -0.05) is 19.3 Å². The molecule has 2 N–H and O–H groups in total. The van der Waals surface area contributed by atoms with Crippen molar-refractivity contribution in [3.63, 3.8) is 0 Å². The van der Waals surface area contributed by atoms with E-state index in [1.54, 1.807) is 0 Å². The van der Waals surface area contributed by atoms with Gasteiger partial charge in [-0.25, -0.2) is 8.42 Å². The summed E-state index contributed by atoms with van der Waals surface area (Å²) in [5.41, 5.74) is 6.25. The third-order valence-electron chi connectivity index (χ3n) is 5.08. The molecule has 0 aromatic rings. The van der Waals surface area contributed by atoms with Gasteiger partial charge in [0.05, 0.1) is 5.25 Å². The lowest BCUT2D eigenvalue weighted by atomic mass is 9.86. The molecule has 0 heterocycles. The van der Waals surface area contributed by atoms with Crippen molar-refractivity contribution < 1.29 is 8.42 Å². The summed E-state index contributed by atoms with van der Waals surface area (Å²) >= 11 is 0. The van der Waals surface area contributed by atoms with Gasteiger partial charge in [-0.15, -0.1) is 0 Å². The van der Waals surface area contributed by atoms with Crippen LogP contribution < -0.4 is 5.73 Å². The zero-order valence-corrected chi connectivity index (χ0v) is 13.0. The van der Waals surface area contributed by atoms with Gasteiger partial charge in [0.1, 0.15) is 9.84 Å². The number of nitrogens with two attached hydrogens (primary N) is 1. The molecule has 2 aliphatic rings. The minimum absolute atomic E-state index is 0.145. The standard InChI is InChI=1S/C14H28N2O2S/c1-16(14-9-4-3-8-13(14)15)11-6-5-7-12(10-11)19(2,17)18/h11-14H,3-10,15H2,1-2H3. The highest BCUT2D eigenvalue weighted by molar-refractivity contribution is 7.91. The van der Waals surface area contributed by atoms with E-state index in [0.717, 1.165) is 38.5 Å². The molecule has 4 unspecified atom stereocenters. The Morgan fingerprint density at radius 3 is 2.37 bits per heavy atom. The van der Waals surface area contributed by atoms with Crippen LogP contribution >= 0.6 is 0 Å². The first-order chi connectivity index (χ1) is 8.89. The van der Waals surface area contributed by atoms with E-state index in [1.165, 1.54) is 19.1 Å². The zero-order chi connectivity index (χ0) is 14.0. The van der Waals surface area contributed by atoms with Crippen molar-refractivity contribution in [3.8, 4) is 0 Å². The number of sulfone groups is 1. The van der Waals surface area contributed by atoms with E-state index >= 15 is 0 Å². The molecular weight excluding hydrogens is 260 g/mol. The molecule has 2 rings (SSSR count). The molecule has 0 aliphatic heterocycles. The normalized spacial score (nSPS) is 37.5. The molecule has 0 radical (unpaired) electrons. The molecule has 2 saturated carbocycles. The second-order valence-corrected chi connectivity index (χ2v) is 8.78.